The lowest BCUT2D eigenvalue weighted by Crippen LogP contribution is -2.15. The van der Waals surface area contributed by atoms with Crippen molar-refractivity contribution in [3.8, 4) is 0 Å². The van der Waals surface area contributed by atoms with Gasteiger partial charge in [-0.1, -0.05) is 23.7 Å². The van der Waals surface area contributed by atoms with Crippen LogP contribution in [-0.4, -0.2) is 29.0 Å². The Balaban J connectivity index is 1.73. The third-order valence-electron chi connectivity index (χ3n) is 3.92. The Morgan fingerprint density at radius 1 is 1.04 bits per heavy atom. The van der Waals surface area contributed by atoms with Gasteiger partial charge in [-0.05, 0) is 42.8 Å². The maximum Gasteiger partial charge on any atom is 0.339 e. The highest BCUT2D eigenvalue weighted by atomic mass is 35.5. The van der Waals surface area contributed by atoms with E-state index in [0.717, 1.165) is 5.56 Å². The van der Waals surface area contributed by atoms with Gasteiger partial charge in [0.05, 0.1) is 30.8 Å². The number of carbonyl (C=O) groups excluding carboxylic acids is 2. The molecule has 28 heavy (non-hydrogen) atoms. The molecule has 0 bridgehead atoms. The molecule has 3 rings (SSSR count). The maximum atomic E-state index is 12.4. The molecule has 1 amide bonds. The van der Waals surface area contributed by atoms with Crippen molar-refractivity contribution in [1.29, 1.82) is 0 Å². The summed E-state index contributed by atoms with van der Waals surface area (Å²) in [6, 6.07) is 12.0. The zero-order valence-corrected chi connectivity index (χ0v) is 15.9. The van der Waals surface area contributed by atoms with E-state index in [0.29, 0.717) is 27.8 Å². The van der Waals surface area contributed by atoms with Gasteiger partial charge in [0, 0.05) is 10.7 Å². The average Bonchev–Trinajstić information content (AvgIpc) is 2.70. The molecule has 0 saturated heterocycles. The number of carbonyl (C=O) groups is 2. The van der Waals surface area contributed by atoms with E-state index >= 15 is 0 Å². The van der Waals surface area contributed by atoms with Crippen LogP contribution < -0.4 is 10.6 Å². The molecule has 0 aliphatic heterocycles. The van der Waals surface area contributed by atoms with Gasteiger partial charge >= 0.3 is 5.97 Å². The van der Waals surface area contributed by atoms with Gasteiger partial charge in [-0.3, -0.25) is 4.79 Å². The summed E-state index contributed by atoms with van der Waals surface area (Å²) >= 11 is 5.92. The molecular weight excluding hydrogens is 380 g/mol. The van der Waals surface area contributed by atoms with Crippen LogP contribution in [0.25, 0.3) is 0 Å². The molecule has 0 radical (unpaired) electrons. The van der Waals surface area contributed by atoms with Gasteiger partial charge in [-0.2, -0.15) is 0 Å². The van der Waals surface area contributed by atoms with Crippen molar-refractivity contribution in [2.75, 3.05) is 17.7 Å². The van der Waals surface area contributed by atoms with E-state index in [-0.39, 0.29) is 11.6 Å². The molecule has 3 aromatic rings. The van der Waals surface area contributed by atoms with Gasteiger partial charge in [0.2, 0.25) is 0 Å². The van der Waals surface area contributed by atoms with E-state index in [9.17, 15) is 9.59 Å². The van der Waals surface area contributed by atoms with Gasteiger partial charge in [0.15, 0.2) is 0 Å². The number of aryl methyl sites for hydroxylation is 1. The molecule has 2 aromatic carbocycles. The second-order valence-corrected chi connectivity index (χ2v) is 6.30. The fourth-order valence-corrected chi connectivity index (χ4v) is 2.71. The van der Waals surface area contributed by atoms with Crippen LogP contribution in [0.5, 0.6) is 0 Å². The Morgan fingerprint density at radius 2 is 1.82 bits per heavy atom. The van der Waals surface area contributed by atoms with E-state index < -0.39 is 5.97 Å². The highest BCUT2D eigenvalue weighted by Crippen LogP contribution is 2.21. The lowest BCUT2D eigenvalue weighted by Gasteiger charge is -2.10. The fourth-order valence-electron chi connectivity index (χ4n) is 2.48. The third-order valence-corrected chi connectivity index (χ3v) is 4.15. The topological polar surface area (TPSA) is 93.2 Å². The molecule has 1 heterocycles. The van der Waals surface area contributed by atoms with Gasteiger partial charge in [0.25, 0.3) is 5.91 Å². The molecule has 0 spiro atoms. The van der Waals surface area contributed by atoms with E-state index in [4.69, 9.17) is 16.3 Å². The average molecular weight is 397 g/mol. The lowest BCUT2D eigenvalue weighted by atomic mass is 10.2. The van der Waals surface area contributed by atoms with Crippen molar-refractivity contribution in [3.05, 3.63) is 76.7 Å². The normalized spacial score (nSPS) is 10.2. The summed E-state index contributed by atoms with van der Waals surface area (Å²) in [6.07, 6.45) is 2.77. The Kier molecular flexibility index (Phi) is 5.86. The van der Waals surface area contributed by atoms with E-state index in [1.54, 1.807) is 42.5 Å². The molecule has 0 fully saturated rings. The molecule has 8 heteroatoms. The predicted molar refractivity (Wildman–Crippen MR) is 107 cm³/mol. The number of nitrogens with zero attached hydrogens (tertiary/aromatic N) is 2. The fraction of sp³-hybridized carbons (Fsp3) is 0.100. The number of methoxy groups -OCH3 is 1. The molecule has 0 unspecified atom stereocenters. The second kappa shape index (κ2) is 8.49. The van der Waals surface area contributed by atoms with Crippen LogP contribution in [0.4, 0.5) is 17.2 Å². The first-order valence-corrected chi connectivity index (χ1v) is 8.69. The standard InChI is InChI=1S/C20H17ClN4O3/c1-12-9-13(21)7-8-15(12)25-19(26)17-10-23-18(11-22-17)24-16-6-4-3-5-14(16)20(27)28-2/h3-11H,1-2H3,(H,23,24)(H,25,26). The van der Waals surface area contributed by atoms with Gasteiger partial charge in [0.1, 0.15) is 11.5 Å². The van der Waals surface area contributed by atoms with Crippen LogP contribution in [0.15, 0.2) is 54.9 Å². The Labute approximate surface area is 166 Å². The Morgan fingerprint density at radius 3 is 2.50 bits per heavy atom. The molecule has 1 aromatic heterocycles. The lowest BCUT2D eigenvalue weighted by molar-refractivity contribution is 0.0601. The monoisotopic (exact) mass is 396 g/mol. The first kappa shape index (κ1) is 19.3. The second-order valence-electron chi connectivity index (χ2n) is 5.86. The number of anilines is 3. The summed E-state index contributed by atoms with van der Waals surface area (Å²) in [5, 5.41) is 6.37. The first-order valence-electron chi connectivity index (χ1n) is 8.32. The molecule has 0 atom stereocenters. The minimum absolute atomic E-state index is 0.154. The number of nitrogens with one attached hydrogen (secondary N) is 2. The van der Waals surface area contributed by atoms with Crippen molar-refractivity contribution < 1.29 is 14.3 Å². The van der Waals surface area contributed by atoms with Gasteiger partial charge < -0.3 is 15.4 Å². The van der Waals surface area contributed by atoms with Crippen molar-refractivity contribution >= 4 is 40.7 Å². The number of hydrogen-bond acceptors (Lipinski definition) is 6. The molecule has 7 nitrogen and oxygen atoms in total. The first-order chi connectivity index (χ1) is 13.5. The van der Waals surface area contributed by atoms with Crippen molar-refractivity contribution in [1.82, 2.24) is 9.97 Å². The minimum Gasteiger partial charge on any atom is -0.465 e. The van der Waals surface area contributed by atoms with Crippen molar-refractivity contribution in [2.24, 2.45) is 0 Å². The quantitative estimate of drug-likeness (QED) is 0.627. The predicted octanol–water partition coefficient (Wildman–Crippen LogP) is 4.22. The zero-order chi connectivity index (χ0) is 20.1. The number of aromatic nitrogens is 2. The SMILES string of the molecule is COC(=O)c1ccccc1Nc1cnc(C(=O)Nc2ccc(Cl)cc2C)cn1. The van der Waals surface area contributed by atoms with Crippen LogP contribution >= 0.6 is 11.6 Å². The third kappa shape index (κ3) is 4.44. The molecular formula is C20H17ClN4O3. The number of benzene rings is 2. The minimum atomic E-state index is -0.467. The van der Waals surface area contributed by atoms with Crippen LogP contribution in [-0.2, 0) is 4.74 Å². The van der Waals surface area contributed by atoms with Crippen molar-refractivity contribution in [2.45, 2.75) is 6.92 Å². The van der Waals surface area contributed by atoms with Crippen molar-refractivity contribution in [3.63, 3.8) is 0 Å². The van der Waals surface area contributed by atoms with Crippen LogP contribution in [0, 0.1) is 6.92 Å². The number of rotatable bonds is 5. The summed E-state index contributed by atoms with van der Waals surface area (Å²) < 4.78 is 4.76. The van der Waals surface area contributed by atoms with E-state index in [2.05, 4.69) is 20.6 Å². The summed E-state index contributed by atoms with van der Waals surface area (Å²) in [7, 11) is 1.31. The number of halogens is 1. The summed E-state index contributed by atoms with van der Waals surface area (Å²) in [5.41, 5.74) is 2.53. The number of ether oxygens (including phenoxy) is 1. The zero-order valence-electron chi connectivity index (χ0n) is 15.2. The Hall–Kier alpha value is -3.45. The van der Waals surface area contributed by atoms with E-state index in [1.165, 1.54) is 19.5 Å². The molecule has 0 aliphatic rings. The number of hydrogen-bond donors (Lipinski definition) is 2. The van der Waals surface area contributed by atoms with Gasteiger partial charge in [-0.25, -0.2) is 14.8 Å². The number of para-hydroxylation sites is 1. The summed E-state index contributed by atoms with van der Waals surface area (Å²) in [5.74, 6) is -0.472. The van der Waals surface area contributed by atoms with Crippen LogP contribution in [0.1, 0.15) is 26.4 Å². The van der Waals surface area contributed by atoms with Gasteiger partial charge in [-0.15, -0.1) is 0 Å². The van der Waals surface area contributed by atoms with E-state index in [1.807, 2.05) is 6.92 Å². The smallest absolute Gasteiger partial charge is 0.339 e. The highest BCUT2D eigenvalue weighted by Gasteiger charge is 2.13. The molecule has 0 aliphatic carbocycles. The van der Waals surface area contributed by atoms with Crippen LogP contribution in [0.2, 0.25) is 5.02 Å². The summed E-state index contributed by atoms with van der Waals surface area (Å²) in [6.45, 7) is 1.85. The molecule has 2 N–H and O–H groups in total. The maximum absolute atomic E-state index is 12.4. The molecule has 142 valence electrons. The highest BCUT2D eigenvalue weighted by molar-refractivity contribution is 6.30. The Bertz CT molecular complexity index is 1020. The number of amides is 1. The summed E-state index contributed by atoms with van der Waals surface area (Å²) in [4.78, 5) is 32.5. The largest absolute Gasteiger partial charge is 0.465 e. The van der Waals surface area contributed by atoms with Crippen LogP contribution in [0.3, 0.4) is 0 Å². The number of esters is 1. The molecule has 0 saturated carbocycles.